The van der Waals surface area contributed by atoms with Crippen LogP contribution in [0.5, 0.6) is 0 Å². The molecule has 0 aliphatic carbocycles. The van der Waals surface area contributed by atoms with Crippen LogP contribution in [-0.2, 0) is 13.1 Å². The molecule has 0 bridgehead atoms. The number of rotatable bonds is 5. The summed E-state index contributed by atoms with van der Waals surface area (Å²) in [6, 6.07) is 11.8. The van der Waals surface area contributed by atoms with Gasteiger partial charge in [0.25, 0.3) is 5.56 Å². The maximum atomic E-state index is 12.5. The van der Waals surface area contributed by atoms with Gasteiger partial charge in [0, 0.05) is 29.4 Å². The molecule has 5 nitrogen and oxygen atoms in total. The van der Waals surface area contributed by atoms with Crippen LogP contribution in [0.25, 0.3) is 10.8 Å². The predicted octanol–water partition coefficient (Wildman–Crippen LogP) is 2.59. The average molecular weight is 322 g/mol. The Kier molecular flexibility index (Phi) is 4.71. The van der Waals surface area contributed by atoms with Crippen molar-refractivity contribution in [2.45, 2.75) is 39.9 Å². The van der Waals surface area contributed by atoms with Crippen LogP contribution in [0.1, 0.15) is 23.9 Å². The molecule has 3 rings (SSSR count). The van der Waals surface area contributed by atoms with Crippen molar-refractivity contribution in [2.75, 3.05) is 0 Å². The first-order chi connectivity index (χ1) is 11.5. The Bertz CT molecular complexity index is 896. The highest BCUT2D eigenvalue weighted by molar-refractivity contribution is 5.80. The van der Waals surface area contributed by atoms with Gasteiger partial charge in [-0.15, -0.1) is 0 Å². The summed E-state index contributed by atoms with van der Waals surface area (Å²) in [6.45, 7) is 7.33. The van der Waals surface area contributed by atoms with E-state index in [9.17, 15) is 4.79 Å². The van der Waals surface area contributed by atoms with Crippen molar-refractivity contribution in [2.24, 2.45) is 0 Å². The zero-order chi connectivity index (χ0) is 17.1. The lowest BCUT2D eigenvalue weighted by Crippen LogP contribution is -2.35. The van der Waals surface area contributed by atoms with E-state index >= 15 is 0 Å². The third-order valence-corrected chi connectivity index (χ3v) is 4.00. The number of pyridine rings is 1. The van der Waals surface area contributed by atoms with E-state index in [-0.39, 0.29) is 11.6 Å². The number of benzene rings is 1. The minimum absolute atomic E-state index is 0.0441. The number of aryl methyl sites for hydroxylation is 2. The van der Waals surface area contributed by atoms with Crippen LogP contribution >= 0.6 is 0 Å². The minimum Gasteiger partial charge on any atom is -0.308 e. The molecule has 2 aromatic heterocycles. The van der Waals surface area contributed by atoms with Gasteiger partial charge in [-0.3, -0.25) is 9.78 Å². The van der Waals surface area contributed by atoms with Crippen molar-refractivity contribution in [3.63, 3.8) is 0 Å². The molecule has 124 valence electrons. The van der Waals surface area contributed by atoms with Crippen LogP contribution in [0.4, 0.5) is 0 Å². The summed E-state index contributed by atoms with van der Waals surface area (Å²) in [7, 11) is 0. The number of nitrogens with zero attached hydrogens (tertiary/aromatic N) is 3. The first-order valence-electron chi connectivity index (χ1n) is 8.15. The topological polar surface area (TPSA) is 59.8 Å². The van der Waals surface area contributed by atoms with Gasteiger partial charge < -0.3 is 5.32 Å². The summed E-state index contributed by atoms with van der Waals surface area (Å²) in [5, 5.41) is 9.32. The van der Waals surface area contributed by atoms with Crippen LogP contribution in [0.2, 0.25) is 0 Å². The third kappa shape index (κ3) is 3.68. The van der Waals surface area contributed by atoms with Crippen molar-refractivity contribution in [3.05, 3.63) is 69.9 Å². The maximum absolute atomic E-state index is 12.5. The highest BCUT2D eigenvalue weighted by Gasteiger charge is 2.08. The maximum Gasteiger partial charge on any atom is 0.274 e. The summed E-state index contributed by atoms with van der Waals surface area (Å²) in [6.07, 6.45) is 1.75. The molecular weight excluding hydrogens is 300 g/mol. The van der Waals surface area contributed by atoms with Crippen LogP contribution < -0.4 is 10.9 Å². The van der Waals surface area contributed by atoms with Crippen LogP contribution in [0.3, 0.4) is 0 Å². The molecular formula is C19H22N4O. The molecule has 0 amide bonds. The Morgan fingerprint density at radius 3 is 2.62 bits per heavy atom. The van der Waals surface area contributed by atoms with Gasteiger partial charge in [-0.1, -0.05) is 18.2 Å². The van der Waals surface area contributed by atoms with Crippen molar-refractivity contribution < 1.29 is 0 Å². The highest BCUT2D eigenvalue weighted by atomic mass is 16.1. The number of nitrogens with one attached hydrogen (secondary N) is 1. The molecule has 0 saturated heterocycles. The summed E-state index contributed by atoms with van der Waals surface area (Å²) in [4.78, 5) is 16.9. The number of hydrogen-bond donors (Lipinski definition) is 1. The molecule has 0 radical (unpaired) electrons. The molecule has 2 heterocycles. The van der Waals surface area contributed by atoms with Crippen molar-refractivity contribution in [1.29, 1.82) is 0 Å². The van der Waals surface area contributed by atoms with Gasteiger partial charge in [0.1, 0.15) is 0 Å². The molecule has 0 spiro atoms. The molecule has 24 heavy (non-hydrogen) atoms. The monoisotopic (exact) mass is 322 g/mol. The Morgan fingerprint density at radius 1 is 1.17 bits per heavy atom. The largest absolute Gasteiger partial charge is 0.308 e. The van der Waals surface area contributed by atoms with Crippen LogP contribution in [0, 0.1) is 13.8 Å². The van der Waals surface area contributed by atoms with Crippen molar-refractivity contribution in [3.8, 4) is 0 Å². The predicted molar refractivity (Wildman–Crippen MR) is 96.0 cm³/mol. The van der Waals surface area contributed by atoms with E-state index < -0.39 is 0 Å². The molecule has 5 heteroatoms. The molecule has 1 atom stereocenters. The molecule has 3 aromatic rings. The van der Waals surface area contributed by atoms with E-state index in [1.807, 2.05) is 38.1 Å². The third-order valence-electron chi connectivity index (χ3n) is 4.00. The summed E-state index contributed by atoms with van der Waals surface area (Å²) < 4.78 is 1.53. The Morgan fingerprint density at radius 2 is 1.88 bits per heavy atom. The quantitative estimate of drug-likeness (QED) is 0.784. The van der Waals surface area contributed by atoms with Crippen LogP contribution in [0.15, 0.2) is 47.4 Å². The van der Waals surface area contributed by atoms with E-state index in [2.05, 4.69) is 34.5 Å². The van der Waals surface area contributed by atoms with Crippen molar-refractivity contribution >= 4 is 10.8 Å². The lowest BCUT2D eigenvalue weighted by molar-refractivity contribution is 0.439. The molecule has 1 unspecified atom stereocenters. The van der Waals surface area contributed by atoms with E-state index in [0.29, 0.717) is 11.9 Å². The molecule has 0 saturated carbocycles. The van der Waals surface area contributed by atoms with Gasteiger partial charge in [0.2, 0.25) is 0 Å². The van der Waals surface area contributed by atoms with Gasteiger partial charge in [0.05, 0.1) is 18.1 Å². The van der Waals surface area contributed by atoms with Gasteiger partial charge in [0.15, 0.2) is 0 Å². The summed E-state index contributed by atoms with van der Waals surface area (Å²) in [5.74, 6) is 0. The Balaban J connectivity index is 1.70. The number of hydrogen-bond acceptors (Lipinski definition) is 4. The lowest BCUT2D eigenvalue weighted by Gasteiger charge is -2.15. The fraction of sp³-hybridized carbons (Fsp3) is 0.316. The van der Waals surface area contributed by atoms with Gasteiger partial charge in [-0.05, 0) is 44.5 Å². The minimum atomic E-state index is -0.0441. The molecule has 1 N–H and O–H groups in total. The lowest BCUT2D eigenvalue weighted by atomic mass is 10.2. The first kappa shape index (κ1) is 16.3. The highest BCUT2D eigenvalue weighted by Crippen LogP contribution is 2.07. The zero-order valence-corrected chi connectivity index (χ0v) is 14.3. The van der Waals surface area contributed by atoms with Gasteiger partial charge >= 0.3 is 0 Å². The Hall–Kier alpha value is -2.53. The molecule has 0 aliphatic rings. The SMILES string of the molecule is Cc1cc(CNC(C)Cn2ncc3ccccc3c2=O)cc(C)n1. The average Bonchev–Trinajstić information content (AvgIpc) is 2.55. The summed E-state index contributed by atoms with van der Waals surface area (Å²) >= 11 is 0. The van der Waals surface area contributed by atoms with E-state index in [4.69, 9.17) is 0 Å². The second-order valence-electron chi connectivity index (χ2n) is 6.26. The fourth-order valence-corrected chi connectivity index (χ4v) is 2.90. The van der Waals surface area contributed by atoms with E-state index in [0.717, 1.165) is 23.3 Å². The second-order valence-corrected chi connectivity index (χ2v) is 6.26. The van der Waals surface area contributed by atoms with Gasteiger partial charge in [-0.2, -0.15) is 5.10 Å². The first-order valence-corrected chi connectivity index (χ1v) is 8.15. The number of aromatic nitrogens is 3. The molecule has 0 aliphatic heterocycles. The standard InChI is InChI=1S/C19H22N4O/c1-13-8-16(9-14(2)22-13)10-20-15(3)12-23-19(24)18-7-5-4-6-17(18)11-21-23/h4-9,11,15,20H,10,12H2,1-3H3. The smallest absolute Gasteiger partial charge is 0.274 e. The summed E-state index contributed by atoms with van der Waals surface area (Å²) in [5.41, 5.74) is 3.20. The Labute approximate surface area is 141 Å². The normalized spacial score (nSPS) is 12.5. The number of fused-ring (bicyclic) bond motifs is 1. The van der Waals surface area contributed by atoms with E-state index in [1.54, 1.807) is 6.20 Å². The van der Waals surface area contributed by atoms with E-state index in [1.165, 1.54) is 10.2 Å². The second kappa shape index (κ2) is 6.93. The molecule has 0 fully saturated rings. The fourth-order valence-electron chi connectivity index (χ4n) is 2.90. The molecule has 1 aromatic carbocycles. The van der Waals surface area contributed by atoms with Gasteiger partial charge in [-0.25, -0.2) is 4.68 Å². The zero-order valence-electron chi connectivity index (χ0n) is 14.3. The van der Waals surface area contributed by atoms with Crippen molar-refractivity contribution in [1.82, 2.24) is 20.1 Å². The van der Waals surface area contributed by atoms with Crippen LogP contribution in [-0.4, -0.2) is 20.8 Å².